The van der Waals surface area contributed by atoms with Crippen LogP contribution in [0.5, 0.6) is 0 Å². The van der Waals surface area contributed by atoms with Crippen molar-refractivity contribution < 1.29 is 4.79 Å². The van der Waals surface area contributed by atoms with Crippen molar-refractivity contribution in [3.63, 3.8) is 0 Å². The van der Waals surface area contributed by atoms with Gasteiger partial charge >= 0.3 is 0 Å². The molecule has 0 bridgehead atoms. The second kappa shape index (κ2) is 8.33. The van der Waals surface area contributed by atoms with Crippen molar-refractivity contribution >= 4 is 5.91 Å². The van der Waals surface area contributed by atoms with Crippen LogP contribution in [-0.4, -0.2) is 61.5 Å². The summed E-state index contributed by atoms with van der Waals surface area (Å²) in [5.74, 6) is 0.232. The highest BCUT2D eigenvalue weighted by atomic mass is 16.2. The third-order valence-electron chi connectivity index (χ3n) is 6.25. The van der Waals surface area contributed by atoms with Crippen molar-refractivity contribution in [2.45, 2.75) is 50.5 Å². The Morgan fingerprint density at radius 1 is 1.16 bits per heavy atom. The Morgan fingerprint density at radius 3 is 2.56 bits per heavy atom. The number of amides is 1. The second-order valence-electron chi connectivity index (χ2n) is 7.81. The van der Waals surface area contributed by atoms with E-state index < -0.39 is 0 Å². The summed E-state index contributed by atoms with van der Waals surface area (Å²) in [4.78, 5) is 17.6. The summed E-state index contributed by atoms with van der Waals surface area (Å²) in [7, 11) is 2.19. The van der Waals surface area contributed by atoms with Gasteiger partial charge < -0.3 is 10.2 Å². The highest BCUT2D eigenvalue weighted by Gasteiger charge is 2.37. The Bertz CT molecular complexity index is 552. The van der Waals surface area contributed by atoms with Crippen LogP contribution in [0.15, 0.2) is 30.3 Å². The molecule has 2 heterocycles. The highest BCUT2D eigenvalue weighted by Crippen LogP contribution is 2.34. The lowest BCUT2D eigenvalue weighted by atomic mass is 9.72. The molecule has 2 aliphatic rings. The Morgan fingerprint density at radius 2 is 1.88 bits per heavy atom. The Kier molecular flexibility index (Phi) is 6.13. The van der Waals surface area contributed by atoms with Gasteiger partial charge in [0.05, 0.1) is 6.04 Å². The van der Waals surface area contributed by atoms with Gasteiger partial charge in [0.15, 0.2) is 0 Å². The molecule has 2 fully saturated rings. The van der Waals surface area contributed by atoms with Crippen LogP contribution in [0.2, 0.25) is 0 Å². The minimum atomic E-state index is 0.0674. The van der Waals surface area contributed by atoms with Gasteiger partial charge in [-0.25, -0.2) is 0 Å². The Hall–Kier alpha value is -1.39. The zero-order valence-electron chi connectivity index (χ0n) is 15.8. The lowest BCUT2D eigenvalue weighted by Crippen LogP contribution is -2.53. The number of nitrogens with one attached hydrogen (secondary N) is 1. The minimum Gasteiger partial charge on any atom is -0.354 e. The van der Waals surface area contributed by atoms with Crippen LogP contribution < -0.4 is 5.32 Å². The van der Waals surface area contributed by atoms with Gasteiger partial charge in [-0.15, -0.1) is 0 Å². The molecule has 1 aromatic carbocycles. The van der Waals surface area contributed by atoms with Gasteiger partial charge in [-0.2, -0.15) is 0 Å². The molecular formula is C21H33N3O. The van der Waals surface area contributed by atoms with Gasteiger partial charge in [-0.3, -0.25) is 9.69 Å². The minimum absolute atomic E-state index is 0.0674. The van der Waals surface area contributed by atoms with E-state index in [4.69, 9.17) is 0 Å². The molecule has 1 unspecified atom stereocenters. The van der Waals surface area contributed by atoms with E-state index in [-0.39, 0.29) is 17.4 Å². The monoisotopic (exact) mass is 343 g/mol. The molecule has 1 atom stereocenters. The van der Waals surface area contributed by atoms with Crippen molar-refractivity contribution in [2.75, 3.05) is 39.8 Å². The summed E-state index contributed by atoms with van der Waals surface area (Å²) >= 11 is 0. The van der Waals surface area contributed by atoms with Crippen molar-refractivity contribution in [2.24, 2.45) is 0 Å². The summed E-state index contributed by atoms with van der Waals surface area (Å²) < 4.78 is 0. The smallest absolute Gasteiger partial charge is 0.237 e. The molecule has 1 amide bonds. The fourth-order valence-electron chi connectivity index (χ4n) is 4.45. The number of hydrogen-bond donors (Lipinski definition) is 1. The topological polar surface area (TPSA) is 35.6 Å². The fraction of sp³-hybridized carbons (Fsp3) is 0.667. The summed E-state index contributed by atoms with van der Waals surface area (Å²) in [6.45, 7) is 7.13. The number of carbonyl (C=O) groups excluding carboxylic acids is 1. The molecule has 0 saturated carbocycles. The number of piperidine rings is 2. The molecule has 2 saturated heterocycles. The number of carbonyl (C=O) groups is 1. The number of likely N-dealkylation sites (tertiary alicyclic amines) is 2. The van der Waals surface area contributed by atoms with Crippen LogP contribution in [-0.2, 0) is 10.2 Å². The third kappa shape index (κ3) is 4.24. The molecule has 25 heavy (non-hydrogen) atoms. The van der Waals surface area contributed by atoms with Gasteiger partial charge in [0.1, 0.15) is 0 Å². The third-order valence-corrected chi connectivity index (χ3v) is 6.25. The van der Waals surface area contributed by atoms with E-state index in [2.05, 4.69) is 59.4 Å². The maximum atomic E-state index is 12.9. The molecule has 0 radical (unpaired) electrons. The maximum absolute atomic E-state index is 12.9. The number of nitrogens with zero attached hydrogens (tertiary/aromatic N) is 2. The normalized spacial score (nSPS) is 24.8. The molecule has 3 rings (SSSR count). The van der Waals surface area contributed by atoms with E-state index >= 15 is 0 Å². The highest BCUT2D eigenvalue weighted by molar-refractivity contribution is 5.82. The fourth-order valence-corrected chi connectivity index (χ4v) is 4.45. The van der Waals surface area contributed by atoms with Crippen molar-refractivity contribution in [3.8, 4) is 0 Å². The number of likely N-dealkylation sites (N-methyl/N-ethyl adjacent to an activating group) is 1. The zero-order valence-corrected chi connectivity index (χ0v) is 15.8. The average Bonchev–Trinajstić information content (AvgIpc) is 2.68. The van der Waals surface area contributed by atoms with Crippen LogP contribution in [0.3, 0.4) is 0 Å². The quantitative estimate of drug-likeness (QED) is 0.893. The first-order valence-electron chi connectivity index (χ1n) is 9.90. The summed E-state index contributed by atoms with van der Waals surface area (Å²) in [6, 6.07) is 10.9. The van der Waals surface area contributed by atoms with E-state index in [9.17, 15) is 4.79 Å². The molecule has 138 valence electrons. The molecule has 4 heteroatoms. The maximum Gasteiger partial charge on any atom is 0.237 e. The van der Waals surface area contributed by atoms with Crippen LogP contribution in [0.1, 0.15) is 44.6 Å². The molecule has 1 N–H and O–H groups in total. The first kappa shape index (κ1) is 18.4. The van der Waals surface area contributed by atoms with Gasteiger partial charge in [-0.1, -0.05) is 43.7 Å². The Balaban J connectivity index is 1.69. The van der Waals surface area contributed by atoms with Gasteiger partial charge in [-0.05, 0) is 64.5 Å². The standard InChI is InChI=1S/C21H33N3O/c1-3-24-14-8-7-11-19(24)20(25)22-17-21(12-15-23(2)16-13-21)18-9-5-4-6-10-18/h4-6,9-10,19H,3,7-8,11-17H2,1-2H3,(H,22,25). The largest absolute Gasteiger partial charge is 0.354 e. The van der Waals surface area contributed by atoms with Gasteiger partial charge in [0.25, 0.3) is 0 Å². The average molecular weight is 344 g/mol. The summed E-state index contributed by atoms with van der Waals surface area (Å²) in [5.41, 5.74) is 1.45. The molecule has 2 aliphatic heterocycles. The molecular weight excluding hydrogens is 310 g/mol. The molecule has 1 aromatic rings. The molecule has 4 nitrogen and oxygen atoms in total. The number of benzene rings is 1. The number of rotatable bonds is 5. The predicted molar refractivity (Wildman–Crippen MR) is 103 cm³/mol. The predicted octanol–water partition coefficient (Wildman–Crippen LogP) is 2.64. The van der Waals surface area contributed by atoms with Crippen molar-refractivity contribution in [3.05, 3.63) is 35.9 Å². The van der Waals surface area contributed by atoms with Crippen LogP contribution >= 0.6 is 0 Å². The first-order valence-corrected chi connectivity index (χ1v) is 9.90. The van der Waals surface area contributed by atoms with Crippen molar-refractivity contribution in [1.29, 1.82) is 0 Å². The first-order chi connectivity index (χ1) is 12.1. The zero-order chi connectivity index (χ0) is 17.7. The lowest BCUT2D eigenvalue weighted by molar-refractivity contribution is -0.128. The van der Waals surface area contributed by atoms with E-state index in [1.54, 1.807) is 0 Å². The van der Waals surface area contributed by atoms with Crippen LogP contribution in [0.25, 0.3) is 0 Å². The lowest BCUT2D eigenvalue weighted by Gasteiger charge is -2.42. The summed E-state index contributed by atoms with van der Waals surface area (Å²) in [5, 5.41) is 3.34. The molecule has 0 spiro atoms. The SMILES string of the molecule is CCN1CCCCC1C(=O)NCC1(c2ccccc2)CCN(C)CC1. The van der Waals surface area contributed by atoms with Crippen molar-refractivity contribution in [1.82, 2.24) is 15.1 Å². The molecule has 0 aliphatic carbocycles. The molecule has 0 aromatic heterocycles. The van der Waals surface area contributed by atoms with Crippen LogP contribution in [0, 0.1) is 0 Å². The summed E-state index contributed by atoms with van der Waals surface area (Å²) in [6.07, 6.45) is 5.60. The van der Waals surface area contributed by atoms with E-state index in [0.29, 0.717) is 0 Å². The van der Waals surface area contributed by atoms with Gasteiger partial charge in [0.2, 0.25) is 5.91 Å². The Labute approximate surface area is 152 Å². The van der Waals surface area contributed by atoms with E-state index in [0.717, 1.165) is 52.0 Å². The van der Waals surface area contributed by atoms with E-state index in [1.165, 1.54) is 18.4 Å². The second-order valence-corrected chi connectivity index (χ2v) is 7.81. The van der Waals surface area contributed by atoms with E-state index in [1.807, 2.05) is 0 Å². The van der Waals surface area contributed by atoms with Gasteiger partial charge in [0, 0.05) is 12.0 Å². The number of hydrogen-bond acceptors (Lipinski definition) is 3. The van der Waals surface area contributed by atoms with Crippen LogP contribution in [0.4, 0.5) is 0 Å².